The first-order valence-electron chi connectivity index (χ1n) is 10.8. The van der Waals surface area contributed by atoms with Crippen molar-refractivity contribution in [2.45, 2.75) is 19.1 Å². The van der Waals surface area contributed by atoms with Crippen molar-refractivity contribution in [2.75, 3.05) is 4.90 Å². The molecular formula is C27H17ClF3NO4. The summed E-state index contributed by atoms with van der Waals surface area (Å²) < 4.78 is 45.0. The van der Waals surface area contributed by atoms with Crippen LogP contribution in [0.4, 0.5) is 18.9 Å². The minimum absolute atomic E-state index is 0.0882. The van der Waals surface area contributed by atoms with Crippen LogP contribution in [0, 0.1) is 6.92 Å². The molecule has 1 aliphatic heterocycles. The van der Waals surface area contributed by atoms with Crippen molar-refractivity contribution in [3.05, 3.63) is 112 Å². The van der Waals surface area contributed by atoms with Gasteiger partial charge < -0.3 is 9.52 Å². The van der Waals surface area contributed by atoms with Crippen LogP contribution in [-0.2, 0) is 11.0 Å². The molecule has 5 nitrogen and oxygen atoms in total. The lowest BCUT2D eigenvalue weighted by Crippen LogP contribution is -2.31. The highest BCUT2D eigenvalue weighted by molar-refractivity contribution is 6.31. The van der Waals surface area contributed by atoms with Crippen molar-refractivity contribution in [2.24, 2.45) is 0 Å². The monoisotopic (exact) mass is 511 g/mol. The Morgan fingerprint density at radius 3 is 2.42 bits per heavy atom. The molecule has 1 aromatic heterocycles. The van der Waals surface area contributed by atoms with Gasteiger partial charge in [-0.05, 0) is 61.0 Å². The Balaban J connectivity index is 1.63. The van der Waals surface area contributed by atoms with Crippen LogP contribution in [-0.4, -0.2) is 16.8 Å². The fourth-order valence-electron chi connectivity index (χ4n) is 4.33. The molecule has 1 aliphatic rings. The molecule has 0 saturated carbocycles. The van der Waals surface area contributed by atoms with Crippen molar-refractivity contribution in [3.63, 3.8) is 0 Å². The molecule has 1 amide bonds. The number of rotatable bonds is 4. The Morgan fingerprint density at radius 2 is 1.75 bits per heavy atom. The maximum Gasteiger partial charge on any atom is 0.416 e. The Kier molecular flexibility index (Phi) is 5.64. The highest BCUT2D eigenvalue weighted by atomic mass is 35.5. The molecule has 3 aromatic carbocycles. The van der Waals surface area contributed by atoms with E-state index in [1.54, 1.807) is 36.4 Å². The van der Waals surface area contributed by atoms with Crippen LogP contribution in [0.15, 0.2) is 88.5 Å². The summed E-state index contributed by atoms with van der Waals surface area (Å²) in [6, 6.07) is 16.1. The summed E-state index contributed by atoms with van der Waals surface area (Å²) in [5.41, 5.74) is 0.665. The molecule has 0 bridgehead atoms. The third kappa shape index (κ3) is 4.03. The van der Waals surface area contributed by atoms with Crippen LogP contribution < -0.4 is 4.90 Å². The van der Waals surface area contributed by atoms with Crippen LogP contribution >= 0.6 is 11.6 Å². The van der Waals surface area contributed by atoms with E-state index in [2.05, 4.69) is 0 Å². The van der Waals surface area contributed by atoms with E-state index in [4.69, 9.17) is 16.0 Å². The third-order valence-corrected chi connectivity index (χ3v) is 6.22. The van der Waals surface area contributed by atoms with Gasteiger partial charge in [-0.2, -0.15) is 13.2 Å². The van der Waals surface area contributed by atoms with Gasteiger partial charge in [-0.1, -0.05) is 41.4 Å². The second-order valence-corrected chi connectivity index (χ2v) is 8.86. The zero-order valence-electron chi connectivity index (χ0n) is 18.6. The number of anilines is 1. The van der Waals surface area contributed by atoms with Crippen molar-refractivity contribution in [1.82, 2.24) is 0 Å². The summed E-state index contributed by atoms with van der Waals surface area (Å²) in [7, 11) is 0. The van der Waals surface area contributed by atoms with E-state index in [0.717, 1.165) is 34.7 Å². The van der Waals surface area contributed by atoms with Gasteiger partial charge in [-0.15, -0.1) is 0 Å². The first-order valence-corrected chi connectivity index (χ1v) is 11.2. The summed E-state index contributed by atoms with van der Waals surface area (Å²) in [6.45, 7) is 1.82. The zero-order valence-corrected chi connectivity index (χ0v) is 19.4. The maximum atomic E-state index is 13.6. The number of hydrogen-bond donors (Lipinski definition) is 1. The number of Topliss-reactive ketones (excluding diaryl/α,β-unsaturated/α-hetero) is 1. The molecule has 0 spiro atoms. The Morgan fingerprint density at radius 1 is 1.03 bits per heavy atom. The highest BCUT2D eigenvalue weighted by Gasteiger charge is 2.45. The summed E-state index contributed by atoms with van der Waals surface area (Å²) in [5.74, 6) is -2.56. The topological polar surface area (TPSA) is 70.7 Å². The number of halogens is 4. The van der Waals surface area contributed by atoms with Gasteiger partial charge >= 0.3 is 6.18 Å². The number of aliphatic hydroxyl groups is 1. The van der Waals surface area contributed by atoms with E-state index in [9.17, 15) is 27.9 Å². The number of ketones is 1. The second kappa shape index (κ2) is 8.57. The van der Waals surface area contributed by atoms with Crippen LogP contribution in [0.2, 0.25) is 5.02 Å². The summed E-state index contributed by atoms with van der Waals surface area (Å²) >= 11 is 6.02. The molecule has 0 aliphatic carbocycles. The number of carbonyl (C=O) groups is 2. The minimum Gasteiger partial charge on any atom is -0.503 e. The number of carbonyl (C=O) groups excluding carboxylic acids is 2. The van der Waals surface area contributed by atoms with Gasteiger partial charge in [0, 0.05) is 16.1 Å². The first-order chi connectivity index (χ1) is 17.0. The lowest BCUT2D eigenvalue weighted by molar-refractivity contribution is -0.137. The van der Waals surface area contributed by atoms with Gasteiger partial charge in [0.1, 0.15) is 5.58 Å². The predicted octanol–water partition coefficient (Wildman–Crippen LogP) is 7.20. The number of alkyl halides is 3. The van der Waals surface area contributed by atoms with Gasteiger partial charge in [0.2, 0.25) is 5.78 Å². The molecule has 0 radical (unpaired) electrons. The average Bonchev–Trinajstić information content (AvgIpc) is 3.36. The largest absolute Gasteiger partial charge is 0.503 e. The van der Waals surface area contributed by atoms with E-state index < -0.39 is 35.2 Å². The summed E-state index contributed by atoms with van der Waals surface area (Å²) in [6.07, 6.45) is -4.56. The fraction of sp³-hybridized carbons (Fsp3) is 0.111. The maximum absolute atomic E-state index is 13.6. The number of furan rings is 1. The molecule has 1 atom stereocenters. The lowest BCUT2D eigenvalue weighted by atomic mass is 9.93. The molecule has 0 fully saturated rings. The summed E-state index contributed by atoms with van der Waals surface area (Å²) in [5, 5.41) is 11.8. The smallest absolute Gasteiger partial charge is 0.416 e. The molecule has 9 heteroatoms. The average molecular weight is 512 g/mol. The number of amides is 1. The van der Waals surface area contributed by atoms with Crippen LogP contribution in [0.3, 0.4) is 0 Å². The van der Waals surface area contributed by atoms with Crippen molar-refractivity contribution in [1.29, 1.82) is 0 Å². The van der Waals surface area contributed by atoms with Gasteiger partial charge in [0.15, 0.2) is 11.5 Å². The third-order valence-electron chi connectivity index (χ3n) is 5.99. The zero-order chi connectivity index (χ0) is 25.8. The minimum atomic E-state index is -4.56. The molecule has 4 aromatic rings. The van der Waals surface area contributed by atoms with Crippen molar-refractivity contribution < 1.29 is 32.3 Å². The van der Waals surface area contributed by atoms with E-state index in [0.29, 0.717) is 21.6 Å². The molecule has 5 rings (SSSR count). The second-order valence-electron chi connectivity index (χ2n) is 8.42. The summed E-state index contributed by atoms with van der Waals surface area (Å²) in [4.78, 5) is 27.9. The Hall–Kier alpha value is -4.04. The van der Waals surface area contributed by atoms with Crippen LogP contribution in [0.25, 0.3) is 11.0 Å². The van der Waals surface area contributed by atoms with Crippen molar-refractivity contribution >= 4 is 39.9 Å². The number of nitrogens with zero attached hydrogens (tertiary/aromatic N) is 1. The van der Waals surface area contributed by atoms with E-state index in [1.165, 1.54) is 6.07 Å². The van der Waals surface area contributed by atoms with Crippen molar-refractivity contribution in [3.8, 4) is 0 Å². The molecule has 36 heavy (non-hydrogen) atoms. The first kappa shape index (κ1) is 23.7. The number of benzene rings is 3. The van der Waals surface area contributed by atoms with E-state index in [-0.39, 0.29) is 17.0 Å². The molecular weight excluding hydrogens is 495 g/mol. The van der Waals surface area contributed by atoms with E-state index in [1.807, 2.05) is 13.0 Å². The number of fused-ring (bicyclic) bond motifs is 1. The predicted molar refractivity (Wildman–Crippen MR) is 128 cm³/mol. The molecule has 2 heterocycles. The number of aryl methyl sites for hydroxylation is 1. The number of hydrogen-bond acceptors (Lipinski definition) is 4. The molecule has 1 N–H and O–H groups in total. The number of aliphatic hydroxyl groups excluding tert-OH is 1. The Labute approximate surface area is 208 Å². The fourth-order valence-corrected chi connectivity index (χ4v) is 4.51. The van der Waals surface area contributed by atoms with Gasteiger partial charge in [-0.3, -0.25) is 14.5 Å². The quantitative estimate of drug-likeness (QED) is 0.294. The van der Waals surface area contributed by atoms with Gasteiger partial charge in [0.05, 0.1) is 17.2 Å². The molecule has 1 unspecified atom stereocenters. The standard InChI is InChI=1S/C27H17ClF3NO4/c1-14-3-2-4-15(11-14)23-22(24(33)21-13-16-12-18(28)7-10-20(16)36-21)25(34)26(35)32(23)19-8-5-17(6-9-19)27(29,30)31/h2-13,23,34H,1H3. The lowest BCUT2D eigenvalue weighted by Gasteiger charge is -2.27. The molecule has 182 valence electrons. The SMILES string of the molecule is Cc1cccc(C2C(C(=O)c3cc4cc(Cl)ccc4o3)=C(O)C(=O)N2c2ccc(C(F)(F)F)cc2)c1. The van der Waals surface area contributed by atoms with Gasteiger partial charge in [-0.25, -0.2) is 0 Å². The van der Waals surface area contributed by atoms with Crippen LogP contribution in [0.5, 0.6) is 0 Å². The Bertz CT molecular complexity index is 1550. The normalized spacial score (nSPS) is 16.3. The molecule has 0 saturated heterocycles. The van der Waals surface area contributed by atoms with E-state index >= 15 is 0 Å². The van der Waals surface area contributed by atoms with Crippen LogP contribution in [0.1, 0.15) is 33.3 Å². The van der Waals surface area contributed by atoms with Gasteiger partial charge in [0.25, 0.3) is 5.91 Å². The highest BCUT2D eigenvalue weighted by Crippen LogP contribution is 2.43.